The van der Waals surface area contributed by atoms with Gasteiger partial charge in [0.1, 0.15) is 5.75 Å². The van der Waals surface area contributed by atoms with Gasteiger partial charge in [0.15, 0.2) is 0 Å². The molecular weight excluding hydrogens is 204 g/mol. The molecule has 0 fully saturated rings. The third kappa shape index (κ3) is 3.51. The monoisotopic (exact) mass is 224 g/mol. The Balaban J connectivity index is 2.68. The summed E-state index contributed by atoms with van der Waals surface area (Å²) in [7, 11) is 1.60. The number of hydrogen-bond acceptors (Lipinski definition) is 3. The molecular formula is C13H20O3. The summed E-state index contributed by atoms with van der Waals surface area (Å²) in [4.78, 5) is 0. The van der Waals surface area contributed by atoms with Crippen LogP contribution in [-0.4, -0.2) is 23.4 Å². The van der Waals surface area contributed by atoms with Crippen molar-refractivity contribution < 1.29 is 14.9 Å². The molecule has 0 aromatic heterocycles. The van der Waals surface area contributed by atoms with E-state index < -0.39 is 12.2 Å². The second kappa shape index (κ2) is 5.87. The Bertz CT molecular complexity index is 323. The first-order chi connectivity index (χ1) is 7.54. The van der Waals surface area contributed by atoms with E-state index in [1.54, 1.807) is 14.0 Å². The summed E-state index contributed by atoms with van der Waals surface area (Å²) in [5.74, 6) is 0.808. The summed E-state index contributed by atoms with van der Waals surface area (Å²) < 4.78 is 5.10. The van der Waals surface area contributed by atoms with Crippen LogP contribution in [0.15, 0.2) is 24.3 Å². The molecule has 3 unspecified atom stereocenters. The Morgan fingerprint density at radius 2 is 1.94 bits per heavy atom. The van der Waals surface area contributed by atoms with E-state index in [0.717, 1.165) is 11.3 Å². The number of rotatable bonds is 5. The molecule has 0 amide bonds. The van der Waals surface area contributed by atoms with Crippen LogP contribution >= 0.6 is 0 Å². The molecule has 0 aliphatic rings. The second-order valence-electron chi connectivity index (χ2n) is 4.25. The fourth-order valence-electron chi connectivity index (χ4n) is 1.53. The standard InChI is InChI=1S/C13H20O3/c1-9(10(2)14)7-13(15)11-5-4-6-12(8-11)16-3/h4-6,8-10,13-15H,7H2,1-3H3. The first-order valence-electron chi connectivity index (χ1n) is 5.54. The zero-order valence-electron chi connectivity index (χ0n) is 10.1. The van der Waals surface area contributed by atoms with Gasteiger partial charge >= 0.3 is 0 Å². The topological polar surface area (TPSA) is 49.7 Å². The van der Waals surface area contributed by atoms with E-state index in [0.29, 0.717) is 6.42 Å². The van der Waals surface area contributed by atoms with Crippen molar-refractivity contribution in [2.45, 2.75) is 32.5 Å². The minimum Gasteiger partial charge on any atom is -0.497 e. The normalized spacial score (nSPS) is 16.6. The van der Waals surface area contributed by atoms with Crippen LogP contribution in [0.1, 0.15) is 31.9 Å². The molecule has 16 heavy (non-hydrogen) atoms. The fourth-order valence-corrected chi connectivity index (χ4v) is 1.53. The Kier molecular flexibility index (Phi) is 4.77. The van der Waals surface area contributed by atoms with Gasteiger partial charge in [-0.15, -0.1) is 0 Å². The average Bonchev–Trinajstić information content (AvgIpc) is 2.28. The molecule has 0 saturated carbocycles. The third-order valence-electron chi connectivity index (χ3n) is 2.90. The summed E-state index contributed by atoms with van der Waals surface area (Å²) in [6, 6.07) is 7.38. The molecule has 0 heterocycles. The Labute approximate surface area is 96.7 Å². The lowest BCUT2D eigenvalue weighted by molar-refractivity contribution is 0.0798. The van der Waals surface area contributed by atoms with Crippen molar-refractivity contribution in [2.24, 2.45) is 5.92 Å². The van der Waals surface area contributed by atoms with E-state index in [4.69, 9.17) is 4.74 Å². The van der Waals surface area contributed by atoms with Crippen LogP contribution in [0.5, 0.6) is 5.75 Å². The summed E-state index contributed by atoms with van der Waals surface area (Å²) in [5, 5.41) is 19.4. The highest BCUT2D eigenvalue weighted by atomic mass is 16.5. The number of ether oxygens (including phenoxy) is 1. The first-order valence-corrected chi connectivity index (χ1v) is 5.54. The second-order valence-corrected chi connectivity index (χ2v) is 4.25. The van der Waals surface area contributed by atoms with E-state index in [9.17, 15) is 10.2 Å². The number of hydrogen-bond donors (Lipinski definition) is 2. The largest absolute Gasteiger partial charge is 0.497 e. The van der Waals surface area contributed by atoms with Crippen molar-refractivity contribution in [1.29, 1.82) is 0 Å². The van der Waals surface area contributed by atoms with Crippen molar-refractivity contribution in [3.8, 4) is 5.75 Å². The zero-order chi connectivity index (χ0) is 12.1. The molecule has 0 aliphatic heterocycles. The van der Waals surface area contributed by atoms with Crippen LogP contribution < -0.4 is 4.74 Å². The van der Waals surface area contributed by atoms with Crippen molar-refractivity contribution in [3.05, 3.63) is 29.8 Å². The zero-order valence-corrected chi connectivity index (χ0v) is 10.1. The molecule has 0 saturated heterocycles. The maximum atomic E-state index is 9.99. The Morgan fingerprint density at radius 3 is 2.50 bits per heavy atom. The smallest absolute Gasteiger partial charge is 0.119 e. The van der Waals surface area contributed by atoms with Crippen LogP contribution in [0.4, 0.5) is 0 Å². The molecule has 0 bridgehead atoms. The molecule has 1 rings (SSSR count). The molecule has 3 heteroatoms. The molecule has 2 N–H and O–H groups in total. The third-order valence-corrected chi connectivity index (χ3v) is 2.90. The van der Waals surface area contributed by atoms with Crippen LogP contribution in [0.2, 0.25) is 0 Å². The summed E-state index contributed by atoms with van der Waals surface area (Å²) >= 11 is 0. The van der Waals surface area contributed by atoms with Crippen molar-refractivity contribution in [1.82, 2.24) is 0 Å². The maximum Gasteiger partial charge on any atom is 0.119 e. The van der Waals surface area contributed by atoms with Gasteiger partial charge in [0.25, 0.3) is 0 Å². The Morgan fingerprint density at radius 1 is 1.25 bits per heavy atom. The van der Waals surface area contributed by atoms with Gasteiger partial charge in [-0.25, -0.2) is 0 Å². The van der Waals surface area contributed by atoms with E-state index in [-0.39, 0.29) is 5.92 Å². The van der Waals surface area contributed by atoms with Gasteiger partial charge in [-0.05, 0) is 37.0 Å². The van der Waals surface area contributed by atoms with E-state index >= 15 is 0 Å². The van der Waals surface area contributed by atoms with Crippen molar-refractivity contribution >= 4 is 0 Å². The molecule has 0 spiro atoms. The molecule has 3 atom stereocenters. The van der Waals surface area contributed by atoms with Crippen LogP contribution in [0.3, 0.4) is 0 Å². The predicted molar refractivity (Wildman–Crippen MR) is 63.4 cm³/mol. The summed E-state index contributed by atoms with van der Waals surface area (Å²) in [6.45, 7) is 3.66. The van der Waals surface area contributed by atoms with E-state index in [2.05, 4.69) is 0 Å². The highest BCUT2D eigenvalue weighted by Crippen LogP contribution is 2.25. The van der Waals surface area contributed by atoms with Crippen LogP contribution in [0.25, 0.3) is 0 Å². The molecule has 0 radical (unpaired) electrons. The summed E-state index contributed by atoms with van der Waals surface area (Å²) in [6.07, 6.45) is -0.412. The van der Waals surface area contributed by atoms with Crippen LogP contribution in [-0.2, 0) is 0 Å². The molecule has 1 aromatic carbocycles. The van der Waals surface area contributed by atoms with Gasteiger partial charge in [-0.2, -0.15) is 0 Å². The quantitative estimate of drug-likeness (QED) is 0.805. The van der Waals surface area contributed by atoms with Crippen molar-refractivity contribution in [2.75, 3.05) is 7.11 Å². The van der Waals surface area contributed by atoms with Gasteiger partial charge in [-0.1, -0.05) is 19.1 Å². The SMILES string of the molecule is COc1cccc(C(O)CC(C)C(C)O)c1. The maximum absolute atomic E-state index is 9.99. The average molecular weight is 224 g/mol. The number of aliphatic hydroxyl groups excluding tert-OH is 2. The highest BCUT2D eigenvalue weighted by Gasteiger charge is 2.16. The van der Waals surface area contributed by atoms with Gasteiger partial charge in [0, 0.05) is 0 Å². The van der Waals surface area contributed by atoms with Gasteiger partial charge in [0.05, 0.1) is 19.3 Å². The molecule has 3 nitrogen and oxygen atoms in total. The number of aliphatic hydroxyl groups is 2. The van der Waals surface area contributed by atoms with Crippen molar-refractivity contribution in [3.63, 3.8) is 0 Å². The fraction of sp³-hybridized carbons (Fsp3) is 0.538. The summed E-state index contributed by atoms with van der Waals surface area (Å²) in [5.41, 5.74) is 0.826. The van der Waals surface area contributed by atoms with Crippen LogP contribution in [0, 0.1) is 5.92 Å². The van der Waals surface area contributed by atoms with Gasteiger partial charge in [-0.3, -0.25) is 0 Å². The Hall–Kier alpha value is -1.06. The lowest BCUT2D eigenvalue weighted by Crippen LogP contribution is -2.16. The van der Waals surface area contributed by atoms with Gasteiger partial charge in [0.2, 0.25) is 0 Å². The predicted octanol–water partition coefficient (Wildman–Crippen LogP) is 2.14. The number of methoxy groups -OCH3 is 1. The van der Waals surface area contributed by atoms with E-state index in [1.165, 1.54) is 0 Å². The minimum atomic E-state index is -0.556. The molecule has 90 valence electrons. The minimum absolute atomic E-state index is 0.0706. The van der Waals surface area contributed by atoms with E-state index in [1.807, 2.05) is 31.2 Å². The molecule has 1 aromatic rings. The lowest BCUT2D eigenvalue weighted by atomic mass is 9.95. The number of benzene rings is 1. The highest BCUT2D eigenvalue weighted by molar-refractivity contribution is 5.29. The van der Waals surface area contributed by atoms with Gasteiger partial charge < -0.3 is 14.9 Å². The first kappa shape index (κ1) is 13.0. The molecule has 0 aliphatic carbocycles. The lowest BCUT2D eigenvalue weighted by Gasteiger charge is -2.19.